The van der Waals surface area contributed by atoms with E-state index in [1.54, 1.807) is 6.08 Å². The third-order valence-corrected chi connectivity index (χ3v) is 3.21. The molecule has 0 aromatic rings. The van der Waals surface area contributed by atoms with Crippen molar-refractivity contribution in [3.63, 3.8) is 0 Å². The predicted molar refractivity (Wildman–Crippen MR) is 65.1 cm³/mol. The lowest BCUT2D eigenvalue weighted by molar-refractivity contribution is -0.122. The van der Waals surface area contributed by atoms with Gasteiger partial charge in [0.15, 0.2) is 0 Å². The maximum absolute atomic E-state index is 10.8. The van der Waals surface area contributed by atoms with Gasteiger partial charge in [0.05, 0.1) is 0 Å². The van der Waals surface area contributed by atoms with Crippen LogP contribution >= 0.6 is 11.6 Å². The molecule has 1 atom stereocenters. The Bertz CT molecular complexity index is 509. The molecule has 3 rings (SSSR count). The highest BCUT2D eigenvalue weighted by atomic mass is 35.5. The van der Waals surface area contributed by atoms with E-state index >= 15 is 0 Å². The molecule has 1 aliphatic heterocycles. The average Bonchev–Trinajstić information content (AvgIpc) is 2.62. The zero-order valence-corrected chi connectivity index (χ0v) is 9.76. The van der Waals surface area contributed by atoms with Gasteiger partial charge in [-0.3, -0.25) is 4.79 Å². The van der Waals surface area contributed by atoms with Gasteiger partial charge in [-0.05, 0) is 24.1 Å². The Morgan fingerprint density at radius 1 is 1.56 bits per heavy atom. The van der Waals surface area contributed by atoms with Crippen molar-refractivity contribution < 1.29 is 4.79 Å². The molecule has 0 aromatic heterocycles. The minimum atomic E-state index is 0.190. The van der Waals surface area contributed by atoms with Gasteiger partial charge in [0.2, 0.25) is 5.91 Å². The van der Waals surface area contributed by atoms with Crippen LogP contribution in [0.3, 0.4) is 0 Å². The first kappa shape index (κ1) is 11.2. The van der Waals surface area contributed by atoms with Gasteiger partial charge in [0.1, 0.15) is 0 Å². The largest absolute Gasteiger partial charge is 0.356 e. The molecular formula is C13H14ClNO. The summed E-state index contributed by atoms with van der Waals surface area (Å²) in [5, 5.41) is 6.23. The molecule has 84 valence electrons. The van der Waals surface area contributed by atoms with Crippen LogP contribution in [0.4, 0.5) is 0 Å². The Morgan fingerprint density at radius 3 is 2.62 bits per heavy atom. The quantitative estimate of drug-likeness (QED) is 0.797. The number of nitrogens with one attached hydrogen (secondary N) is 1. The molecule has 0 saturated carbocycles. The van der Waals surface area contributed by atoms with Crippen LogP contribution < -0.4 is 5.32 Å². The summed E-state index contributed by atoms with van der Waals surface area (Å²) >= 11 is 5.60. The number of hydrogen-bond donors (Lipinski definition) is 1. The number of carbonyl (C=O) groups excluding carboxylic acids is 1. The molecule has 0 radical (unpaired) electrons. The highest BCUT2D eigenvalue weighted by molar-refractivity contribution is 6.31. The summed E-state index contributed by atoms with van der Waals surface area (Å²) in [7, 11) is 0. The molecule has 1 N–H and O–H groups in total. The molecule has 2 nitrogen and oxygen atoms in total. The van der Waals surface area contributed by atoms with E-state index in [0.29, 0.717) is 0 Å². The molecule has 3 aliphatic rings. The highest BCUT2D eigenvalue weighted by Crippen LogP contribution is 2.20. The Labute approximate surface area is 99.6 Å². The van der Waals surface area contributed by atoms with Crippen LogP contribution in [0.2, 0.25) is 5.02 Å². The van der Waals surface area contributed by atoms with E-state index < -0.39 is 0 Å². The Morgan fingerprint density at radius 2 is 2.38 bits per heavy atom. The number of hydrogen-bond acceptors (Lipinski definition) is 1. The lowest BCUT2D eigenvalue weighted by Crippen LogP contribution is -2.18. The summed E-state index contributed by atoms with van der Waals surface area (Å²) in [4.78, 5) is 10.8. The number of rotatable bonds is 2. The van der Waals surface area contributed by atoms with E-state index in [1.165, 1.54) is 10.4 Å². The molecule has 0 spiro atoms. The van der Waals surface area contributed by atoms with Gasteiger partial charge in [-0.25, -0.2) is 0 Å². The summed E-state index contributed by atoms with van der Waals surface area (Å²) in [6.45, 7) is 4.42. The second-order valence-corrected chi connectivity index (χ2v) is 4.40. The van der Waals surface area contributed by atoms with E-state index in [0.717, 1.165) is 24.4 Å². The second kappa shape index (κ2) is 4.71. The van der Waals surface area contributed by atoms with Crippen LogP contribution in [0.15, 0.2) is 30.9 Å². The zero-order chi connectivity index (χ0) is 11.5. The van der Waals surface area contributed by atoms with E-state index in [2.05, 4.69) is 18.0 Å². The zero-order valence-electron chi connectivity index (χ0n) is 9.00. The van der Waals surface area contributed by atoms with Gasteiger partial charge < -0.3 is 5.32 Å². The minimum Gasteiger partial charge on any atom is -0.356 e. The first-order valence-corrected chi connectivity index (χ1v) is 5.78. The highest BCUT2D eigenvalue weighted by Gasteiger charge is 2.21. The second-order valence-electron chi connectivity index (χ2n) is 4.00. The fourth-order valence-electron chi connectivity index (χ4n) is 1.81. The molecule has 16 heavy (non-hydrogen) atoms. The minimum absolute atomic E-state index is 0.190. The maximum atomic E-state index is 10.8. The molecular weight excluding hydrogens is 222 g/mol. The first-order valence-electron chi connectivity index (χ1n) is 5.41. The monoisotopic (exact) mass is 235 g/mol. The van der Waals surface area contributed by atoms with Gasteiger partial charge in [0, 0.05) is 22.7 Å². The third-order valence-electron chi connectivity index (χ3n) is 2.89. The maximum Gasteiger partial charge on any atom is 0.223 e. The number of carbonyl (C=O) groups is 1. The van der Waals surface area contributed by atoms with Gasteiger partial charge in [-0.1, -0.05) is 29.8 Å². The smallest absolute Gasteiger partial charge is 0.223 e. The van der Waals surface area contributed by atoms with Gasteiger partial charge in [-0.15, -0.1) is 6.58 Å². The van der Waals surface area contributed by atoms with Crippen LogP contribution in [0, 0.1) is 16.4 Å². The van der Waals surface area contributed by atoms with Crippen molar-refractivity contribution >= 4 is 17.5 Å². The summed E-state index contributed by atoms with van der Waals surface area (Å²) < 4.78 is 0. The lowest BCUT2D eigenvalue weighted by atomic mass is 10.1. The predicted octanol–water partition coefficient (Wildman–Crippen LogP) is 2.64. The van der Waals surface area contributed by atoms with Crippen LogP contribution in [-0.2, 0) is 4.79 Å². The fourth-order valence-corrected chi connectivity index (χ4v) is 2.10. The third kappa shape index (κ3) is 2.12. The van der Waals surface area contributed by atoms with Gasteiger partial charge in [0.25, 0.3) is 0 Å². The van der Waals surface area contributed by atoms with Crippen molar-refractivity contribution in [1.29, 1.82) is 0 Å². The molecule has 3 heteroatoms. The van der Waals surface area contributed by atoms with Crippen molar-refractivity contribution in [2.24, 2.45) is 5.92 Å². The SMILES string of the molecule is C=CCC1CCNC1=O.Clc1cc2ccc1=2. The molecule has 1 heterocycles. The molecule has 1 fully saturated rings. The average molecular weight is 236 g/mol. The van der Waals surface area contributed by atoms with E-state index in [-0.39, 0.29) is 11.8 Å². The molecule has 0 bridgehead atoms. The number of amides is 1. The first-order chi connectivity index (χ1) is 7.72. The van der Waals surface area contributed by atoms with Crippen molar-refractivity contribution in [2.75, 3.05) is 6.54 Å². The Kier molecular flexibility index (Phi) is 3.30. The van der Waals surface area contributed by atoms with E-state index in [9.17, 15) is 4.79 Å². The van der Waals surface area contributed by atoms with Crippen LogP contribution in [0.25, 0.3) is 0 Å². The van der Waals surface area contributed by atoms with E-state index in [4.69, 9.17) is 11.6 Å². The van der Waals surface area contributed by atoms with Crippen molar-refractivity contribution in [1.82, 2.24) is 5.32 Å². The van der Waals surface area contributed by atoms with E-state index in [1.807, 2.05) is 12.1 Å². The Hall–Kier alpha value is -1.28. The fraction of sp³-hybridized carbons (Fsp3) is 0.308. The Balaban J connectivity index is 0.000000123. The molecule has 0 aromatic carbocycles. The molecule has 1 unspecified atom stereocenters. The summed E-state index contributed by atoms with van der Waals surface area (Å²) in [5.41, 5.74) is 0. The number of halogens is 1. The summed E-state index contributed by atoms with van der Waals surface area (Å²) in [5.74, 6) is 0.400. The number of benzene rings is 1. The number of allylic oxidation sites excluding steroid dienone is 1. The van der Waals surface area contributed by atoms with Crippen molar-refractivity contribution in [3.05, 3.63) is 46.3 Å². The molecule has 2 aliphatic carbocycles. The van der Waals surface area contributed by atoms with Crippen molar-refractivity contribution in [3.8, 4) is 0 Å². The van der Waals surface area contributed by atoms with Gasteiger partial charge >= 0.3 is 0 Å². The van der Waals surface area contributed by atoms with Crippen LogP contribution in [0.5, 0.6) is 0 Å². The normalized spacial score (nSPS) is 19.6. The topological polar surface area (TPSA) is 29.1 Å². The van der Waals surface area contributed by atoms with Crippen molar-refractivity contribution in [2.45, 2.75) is 12.8 Å². The van der Waals surface area contributed by atoms with Gasteiger partial charge in [-0.2, -0.15) is 0 Å². The lowest BCUT2D eigenvalue weighted by Gasteiger charge is -2.01. The summed E-state index contributed by atoms with van der Waals surface area (Å²) in [6.07, 6.45) is 3.60. The van der Waals surface area contributed by atoms with Crippen LogP contribution in [-0.4, -0.2) is 12.5 Å². The standard InChI is InChI=1S/C7H11NO.C6H3Cl/c1-2-3-6-4-5-8-7(6)9;7-6-3-4-1-2-5(4)6/h2,6H,1,3-5H2,(H,8,9);1-3H. The molecule has 1 saturated heterocycles. The van der Waals surface area contributed by atoms with Crippen LogP contribution in [0.1, 0.15) is 12.8 Å². The molecule has 1 amide bonds. The summed E-state index contributed by atoms with van der Waals surface area (Å²) in [6, 6.07) is 6.05.